The molecule has 0 aromatic heterocycles. The van der Waals surface area contributed by atoms with E-state index in [0.717, 1.165) is 38.3 Å². The van der Waals surface area contributed by atoms with Crippen LogP contribution in [0.4, 0.5) is 0 Å². The lowest BCUT2D eigenvalue weighted by atomic mass is 9.69. The Balaban J connectivity index is 1.86. The highest BCUT2D eigenvalue weighted by Crippen LogP contribution is 2.40. The van der Waals surface area contributed by atoms with Crippen molar-refractivity contribution in [3.8, 4) is 0 Å². The third-order valence-corrected chi connectivity index (χ3v) is 6.77. The van der Waals surface area contributed by atoms with Crippen molar-refractivity contribution >= 4 is 21.8 Å². The third-order valence-electron chi connectivity index (χ3n) is 5.41. The van der Waals surface area contributed by atoms with E-state index in [2.05, 4.69) is 48.5 Å². The Kier molecular flexibility index (Phi) is 5.20. The monoisotopic (exact) mass is 343 g/mol. The Bertz CT molecular complexity index is 341. The van der Waals surface area contributed by atoms with E-state index in [1.807, 2.05) is 0 Å². The van der Waals surface area contributed by atoms with E-state index in [1.165, 1.54) is 12.8 Å². The van der Waals surface area contributed by atoms with Gasteiger partial charge in [-0.05, 0) is 49.4 Å². The fourth-order valence-corrected chi connectivity index (χ4v) is 4.15. The number of carbonyl (C=O) groups is 1. The van der Waals surface area contributed by atoms with Gasteiger partial charge in [0.05, 0.1) is 0 Å². The average molecular weight is 344 g/mol. The van der Waals surface area contributed by atoms with Gasteiger partial charge in [-0.15, -0.1) is 0 Å². The molecule has 2 nitrogen and oxygen atoms in total. The van der Waals surface area contributed by atoms with Crippen molar-refractivity contribution < 1.29 is 4.79 Å². The summed E-state index contributed by atoms with van der Waals surface area (Å²) in [6.45, 7) is 11.1. The molecule has 2 fully saturated rings. The van der Waals surface area contributed by atoms with Crippen LogP contribution in [-0.2, 0) is 4.79 Å². The molecule has 0 radical (unpaired) electrons. The first-order valence-electron chi connectivity index (χ1n) is 8.22. The summed E-state index contributed by atoms with van der Waals surface area (Å²) in [6.07, 6.45) is 5.76. The lowest BCUT2D eigenvalue weighted by Gasteiger charge is -2.40. The number of carbonyl (C=O) groups excluding carboxylic acids is 1. The molecule has 1 amide bonds. The number of rotatable bonds is 1. The number of nitrogens with zero attached hydrogens (tertiary/aromatic N) is 1. The lowest BCUT2D eigenvalue weighted by molar-refractivity contribution is -0.138. The highest BCUT2D eigenvalue weighted by Gasteiger charge is 2.35. The largest absolute Gasteiger partial charge is 0.342 e. The molecule has 2 aliphatic rings. The zero-order chi connectivity index (χ0) is 14.9. The fourth-order valence-electron chi connectivity index (χ4n) is 3.78. The second-order valence-corrected chi connectivity index (χ2v) is 9.16. The van der Waals surface area contributed by atoms with Crippen LogP contribution in [0.1, 0.15) is 59.8 Å². The molecule has 2 unspecified atom stereocenters. The van der Waals surface area contributed by atoms with Crippen LogP contribution in [0.25, 0.3) is 0 Å². The predicted octanol–water partition coefficient (Wildman–Crippen LogP) is 4.47. The summed E-state index contributed by atoms with van der Waals surface area (Å²) in [7, 11) is 0. The Labute approximate surface area is 132 Å². The van der Waals surface area contributed by atoms with Crippen molar-refractivity contribution in [1.29, 1.82) is 0 Å². The topological polar surface area (TPSA) is 20.3 Å². The molecule has 2 atom stereocenters. The van der Waals surface area contributed by atoms with Crippen molar-refractivity contribution in [3.63, 3.8) is 0 Å². The molecule has 3 heteroatoms. The number of alkyl halides is 1. The second kappa shape index (κ2) is 6.37. The summed E-state index contributed by atoms with van der Waals surface area (Å²) in [4.78, 5) is 15.4. The summed E-state index contributed by atoms with van der Waals surface area (Å²) in [5.41, 5.74) is 0.400. The predicted molar refractivity (Wildman–Crippen MR) is 88.0 cm³/mol. The minimum atomic E-state index is 0.299. The van der Waals surface area contributed by atoms with Crippen LogP contribution in [0.2, 0.25) is 0 Å². The highest BCUT2D eigenvalue weighted by atomic mass is 79.9. The Morgan fingerprint density at radius 1 is 1.10 bits per heavy atom. The standard InChI is InChI=1S/C17H30BrNO/c1-12-11-19(10-9-15(12)18)16(20)13-5-7-14(8-6-13)17(2,3)4/h12-15H,5-11H2,1-4H3. The molecule has 0 aromatic rings. The van der Waals surface area contributed by atoms with Crippen LogP contribution >= 0.6 is 15.9 Å². The van der Waals surface area contributed by atoms with Crippen LogP contribution in [0, 0.1) is 23.2 Å². The van der Waals surface area contributed by atoms with Crippen LogP contribution in [0.15, 0.2) is 0 Å². The van der Waals surface area contributed by atoms with E-state index in [4.69, 9.17) is 0 Å². The van der Waals surface area contributed by atoms with Gasteiger partial charge in [-0.1, -0.05) is 43.6 Å². The van der Waals surface area contributed by atoms with Crippen molar-refractivity contribution in [2.24, 2.45) is 23.2 Å². The Hall–Kier alpha value is -0.0500. The molecule has 1 aliphatic carbocycles. The Morgan fingerprint density at radius 3 is 2.20 bits per heavy atom. The molecule has 0 spiro atoms. The fraction of sp³-hybridized carbons (Fsp3) is 0.941. The van der Waals surface area contributed by atoms with Gasteiger partial charge in [0.25, 0.3) is 0 Å². The summed E-state index contributed by atoms with van der Waals surface area (Å²) >= 11 is 3.72. The molecule has 1 heterocycles. The maximum Gasteiger partial charge on any atom is 0.225 e. The number of piperidine rings is 1. The zero-order valence-electron chi connectivity index (χ0n) is 13.5. The summed E-state index contributed by atoms with van der Waals surface area (Å²) < 4.78 is 0. The summed E-state index contributed by atoms with van der Waals surface area (Å²) in [6, 6.07) is 0. The first-order valence-corrected chi connectivity index (χ1v) is 9.13. The zero-order valence-corrected chi connectivity index (χ0v) is 15.1. The van der Waals surface area contributed by atoms with Crippen molar-refractivity contribution in [1.82, 2.24) is 4.90 Å². The molecule has 0 bridgehead atoms. The number of hydrogen-bond donors (Lipinski definition) is 0. The van der Waals surface area contributed by atoms with Gasteiger partial charge in [-0.25, -0.2) is 0 Å². The molecule has 1 aliphatic heterocycles. The number of amides is 1. The van der Waals surface area contributed by atoms with Crippen molar-refractivity contribution in [2.75, 3.05) is 13.1 Å². The first-order chi connectivity index (χ1) is 9.29. The molecular weight excluding hydrogens is 314 g/mol. The number of likely N-dealkylation sites (tertiary alicyclic amines) is 1. The smallest absolute Gasteiger partial charge is 0.225 e. The van der Waals surface area contributed by atoms with E-state index < -0.39 is 0 Å². The minimum Gasteiger partial charge on any atom is -0.342 e. The molecule has 0 aromatic carbocycles. The average Bonchev–Trinajstić information content (AvgIpc) is 2.40. The van der Waals surface area contributed by atoms with Gasteiger partial charge in [-0.3, -0.25) is 4.79 Å². The van der Waals surface area contributed by atoms with Gasteiger partial charge < -0.3 is 4.90 Å². The third kappa shape index (κ3) is 3.78. The number of hydrogen-bond acceptors (Lipinski definition) is 1. The van der Waals surface area contributed by atoms with Gasteiger partial charge in [0.1, 0.15) is 0 Å². The van der Waals surface area contributed by atoms with Crippen LogP contribution < -0.4 is 0 Å². The molecule has 1 saturated heterocycles. The van der Waals surface area contributed by atoms with Crippen LogP contribution in [0.3, 0.4) is 0 Å². The van der Waals surface area contributed by atoms with Gasteiger partial charge in [0.2, 0.25) is 5.91 Å². The van der Waals surface area contributed by atoms with E-state index >= 15 is 0 Å². The first kappa shape index (κ1) is 16.3. The second-order valence-electron chi connectivity index (χ2n) is 7.98. The van der Waals surface area contributed by atoms with Crippen LogP contribution in [-0.4, -0.2) is 28.7 Å². The molecule has 2 rings (SSSR count). The normalized spacial score (nSPS) is 36.0. The minimum absolute atomic E-state index is 0.299. The van der Waals surface area contributed by atoms with Crippen molar-refractivity contribution in [3.05, 3.63) is 0 Å². The molecule has 1 saturated carbocycles. The van der Waals surface area contributed by atoms with E-state index in [9.17, 15) is 4.79 Å². The van der Waals surface area contributed by atoms with Gasteiger partial charge in [0, 0.05) is 23.8 Å². The summed E-state index contributed by atoms with van der Waals surface area (Å²) in [5, 5.41) is 0. The molecule has 116 valence electrons. The maximum atomic E-state index is 12.7. The molecule has 0 N–H and O–H groups in total. The van der Waals surface area contributed by atoms with E-state index in [1.54, 1.807) is 0 Å². The Morgan fingerprint density at radius 2 is 1.70 bits per heavy atom. The molecular formula is C17H30BrNO. The van der Waals surface area contributed by atoms with Gasteiger partial charge in [0.15, 0.2) is 0 Å². The highest BCUT2D eigenvalue weighted by molar-refractivity contribution is 9.09. The van der Waals surface area contributed by atoms with Crippen LogP contribution in [0.5, 0.6) is 0 Å². The lowest BCUT2D eigenvalue weighted by Crippen LogP contribution is -2.46. The van der Waals surface area contributed by atoms with E-state index in [-0.39, 0.29) is 0 Å². The van der Waals surface area contributed by atoms with Gasteiger partial charge in [-0.2, -0.15) is 0 Å². The SMILES string of the molecule is CC1CN(C(=O)C2CCC(C(C)(C)C)CC2)CCC1Br. The maximum absolute atomic E-state index is 12.7. The van der Waals surface area contributed by atoms with E-state index in [0.29, 0.717) is 28.0 Å². The quantitative estimate of drug-likeness (QED) is 0.643. The molecule has 20 heavy (non-hydrogen) atoms. The summed E-state index contributed by atoms with van der Waals surface area (Å²) in [5.74, 6) is 2.11. The van der Waals surface area contributed by atoms with Crippen molar-refractivity contribution in [2.45, 2.75) is 64.6 Å². The number of halogens is 1. The van der Waals surface area contributed by atoms with Gasteiger partial charge >= 0.3 is 0 Å².